The highest BCUT2D eigenvalue weighted by Gasteiger charge is 2.24. The number of anilines is 1. The number of piperidine rings is 1. The van der Waals surface area contributed by atoms with E-state index in [2.05, 4.69) is 36.2 Å². The van der Waals surface area contributed by atoms with Gasteiger partial charge in [0.1, 0.15) is 0 Å². The molecule has 1 aromatic rings. The topological polar surface area (TPSA) is 44.4 Å². The Morgan fingerprint density at radius 3 is 2.57 bits per heavy atom. The first kappa shape index (κ1) is 15.6. The average molecular weight is 287 g/mol. The first-order chi connectivity index (χ1) is 9.97. The van der Waals surface area contributed by atoms with E-state index in [1.807, 2.05) is 24.3 Å². The molecule has 114 valence electrons. The van der Waals surface area contributed by atoms with E-state index in [-0.39, 0.29) is 5.91 Å². The zero-order valence-electron chi connectivity index (χ0n) is 13.1. The Hall–Kier alpha value is -1.81. The largest absolute Gasteiger partial charge is 0.326 e. The minimum atomic E-state index is -0.0657. The summed E-state index contributed by atoms with van der Waals surface area (Å²) < 4.78 is 0. The third-order valence-corrected chi connectivity index (χ3v) is 3.99. The Balaban J connectivity index is 2.07. The van der Waals surface area contributed by atoms with Gasteiger partial charge in [-0.05, 0) is 38.8 Å². The fraction of sp³-hybridized carbons (Fsp3) is 0.471. The van der Waals surface area contributed by atoms with E-state index in [4.69, 9.17) is 0 Å². The number of carbonyl (C=O) groups excluding carboxylic acids is 1. The van der Waals surface area contributed by atoms with Crippen LogP contribution in [-0.2, 0) is 4.79 Å². The SMILES string of the molecule is C=C(NN1[C@H](C)CCC[C@H]1C)c1cccc(NC(C)=O)c1. The normalized spacial score (nSPS) is 22.6. The maximum absolute atomic E-state index is 11.1. The van der Waals surface area contributed by atoms with Gasteiger partial charge >= 0.3 is 0 Å². The molecule has 0 unspecified atom stereocenters. The summed E-state index contributed by atoms with van der Waals surface area (Å²) in [6, 6.07) is 8.75. The van der Waals surface area contributed by atoms with Gasteiger partial charge in [0, 0.05) is 36.0 Å². The Kier molecular flexibility index (Phi) is 5.02. The minimum Gasteiger partial charge on any atom is -0.326 e. The summed E-state index contributed by atoms with van der Waals surface area (Å²) >= 11 is 0. The second-order valence-electron chi connectivity index (χ2n) is 5.89. The third-order valence-electron chi connectivity index (χ3n) is 3.99. The monoisotopic (exact) mass is 287 g/mol. The average Bonchev–Trinajstić information content (AvgIpc) is 2.42. The highest BCUT2D eigenvalue weighted by molar-refractivity contribution is 5.89. The lowest BCUT2D eigenvalue weighted by Gasteiger charge is -2.40. The van der Waals surface area contributed by atoms with Gasteiger partial charge in [-0.15, -0.1) is 0 Å². The van der Waals surface area contributed by atoms with E-state index in [9.17, 15) is 4.79 Å². The molecule has 0 aromatic heterocycles. The van der Waals surface area contributed by atoms with E-state index >= 15 is 0 Å². The van der Waals surface area contributed by atoms with Gasteiger partial charge in [-0.1, -0.05) is 25.1 Å². The van der Waals surface area contributed by atoms with Crippen LogP contribution in [0.5, 0.6) is 0 Å². The molecule has 2 atom stereocenters. The molecule has 2 N–H and O–H groups in total. The van der Waals surface area contributed by atoms with Gasteiger partial charge in [0.15, 0.2) is 0 Å². The maximum Gasteiger partial charge on any atom is 0.221 e. The van der Waals surface area contributed by atoms with Crippen LogP contribution in [0.4, 0.5) is 5.69 Å². The smallest absolute Gasteiger partial charge is 0.221 e. The molecule has 0 radical (unpaired) electrons. The number of hydrogen-bond donors (Lipinski definition) is 2. The first-order valence-electron chi connectivity index (χ1n) is 7.59. The molecular weight excluding hydrogens is 262 g/mol. The van der Waals surface area contributed by atoms with Gasteiger partial charge < -0.3 is 10.7 Å². The molecule has 1 heterocycles. The molecule has 0 aliphatic carbocycles. The van der Waals surface area contributed by atoms with Crippen molar-refractivity contribution in [2.45, 2.75) is 52.1 Å². The predicted molar refractivity (Wildman–Crippen MR) is 87.5 cm³/mol. The molecular formula is C17H25N3O. The zero-order chi connectivity index (χ0) is 15.4. The number of rotatable bonds is 4. The summed E-state index contributed by atoms with van der Waals surface area (Å²) in [5.74, 6) is -0.0657. The number of nitrogens with zero attached hydrogens (tertiary/aromatic N) is 1. The first-order valence-corrected chi connectivity index (χ1v) is 7.59. The number of hydrogen-bond acceptors (Lipinski definition) is 3. The summed E-state index contributed by atoms with van der Waals surface area (Å²) in [4.78, 5) is 11.1. The second kappa shape index (κ2) is 6.76. The number of carbonyl (C=O) groups is 1. The summed E-state index contributed by atoms with van der Waals surface area (Å²) in [6.07, 6.45) is 3.69. The van der Waals surface area contributed by atoms with Crippen LogP contribution in [0.1, 0.15) is 45.6 Å². The highest BCUT2D eigenvalue weighted by Crippen LogP contribution is 2.23. The van der Waals surface area contributed by atoms with E-state index in [0.29, 0.717) is 12.1 Å². The van der Waals surface area contributed by atoms with Crippen molar-refractivity contribution in [1.29, 1.82) is 0 Å². The molecule has 1 amide bonds. The van der Waals surface area contributed by atoms with Crippen molar-refractivity contribution in [1.82, 2.24) is 10.4 Å². The van der Waals surface area contributed by atoms with E-state index in [1.165, 1.54) is 26.2 Å². The lowest BCUT2D eigenvalue weighted by atomic mass is 10.00. The minimum absolute atomic E-state index is 0.0657. The molecule has 1 aromatic carbocycles. The molecule has 1 aliphatic rings. The fourth-order valence-electron chi connectivity index (χ4n) is 2.85. The zero-order valence-corrected chi connectivity index (χ0v) is 13.1. The van der Waals surface area contributed by atoms with Crippen molar-refractivity contribution in [3.8, 4) is 0 Å². The second-order valence-corrected chi connectivity index (χ2v) is 5.89. The maximum atomic E-state index is 11.1. The molecule has 1 fully saturated rings. The standard InChI is InChI=1S/C17H25N3O/c1-12-7-5-8-13(2)20(12)19-14(3)16-9-6-10-17(11-16)18-15(4)21/h6,9-13,19H,3,5,7-8H2,1-2,4H3,(H,18,21)/t12-,13-/m1/s1. The Bertz CT molecular complexity index is 517. The van der Waals surface area contributed by atoms with Crippen molar-refractivity contribution >= 4 is 17.3 Å². The molecule has 21 heavy (non-hydrogen) atoms. The van der Waals surface area contributed by atoms with E-state index < -0.39 is 0 Å². The molecule has 1 aliphatic heterocycles. The van der Waals surface area contributed by atoms with Crippen molar-refractivity contribution in [3.63, 3.8) is 0 Å². The van der Waals surface area contributed by atoms with Crippen molar-refractivity contribution in [3.05, 3.63) is 36.4 Å². The van der Waals surface area contributed by atoms with E-state index in [1.54, 1.807) is 0 Å². The molecule has 2 rings (SSSR count). The fourth-order valence-corrected chi connectivity index (χ4v) is 2.85. The Labute approximate surface area is 127 Å². The third kappa shape index (κ3) is 4.08. The number of hydrazine groups is 1. The summed E-state index contributed by atoms with van der Waals surface area (Å²) in [5.41, 5.74) is 6.09. The van der Waals surface area contributed by atoms with Crippen LogP contribution >= 0.6 is 0 Å². The molecule has 0 bridgehead atoms. The quantitative estimate of drug-likeness (QED) is 0.892. The van der Waals surface area contributed by atoms with Gasteiger partial charge in [0.25, 0.3) is 0 Å². The van der Waals surface area contributed by atoms with Crippen molar-refractivity contribution < 1.29 is 4.79 Å². The van der Waals surface area contributed by atoms with Gasteiger partial charge in [-0.3, -0.25) is 4.79 Å². The van der Waals surface area contributed by atoms with Crippen LogP contribution in [0.15, 0.2) is 30.8 Å². The van der Waals surface area contributed by atoms with Crippen molar-refractivity contribution in [2.24, 2.45) is 0 Å². The lowest BCUT2D eigenvalue weighted by Crippen LogP contribution is -2.51. The Morgan fingerprint density at radius 1 is 1.29 bits per heavy atom. The Morgan fingerprint density at radius 2 is 1.95 bits per heavy atom. The van der Waals surface area contributed by atoms with Gasteiger partial charge in [-0.25, -0.2) is 5.01 Å². The molecule has 0 spiro atoms. The molecule has 1 saturated heterocycles. The summed E-state index contributed by atoms with van der Waals surface area (Å²) in [6.45, 7) is 10.1. The highest BCUT2D eigenvalue weighted by atomic mass is 16.1. The van der Waals surface area contributed by atoms with Gasteiger partial charge in [-0.2, -0.15) is 0 Å². The molecule has 4 nitrogen and oxygen atoms in total. The predicted octanol–water partition coefficient (Wildman–Crippen LogP) is 3.38. The van der Waals surface area contributed by atoms with Crippen LogP contribution in [0.2, 0.25) is 0 Å². The van der Waals surface area contributed by atoms with Gasteiger partial charge in [0.2, 0.25) is 5.91 Å². The van der Waals surface area contributed by atoms with Crippen LogP contribution in [0.3, 0.4) is 0 Å². The number of amides is 1. The summed E-state index contributed by atoms with van der Waals surface area (Å²) in [7, 11) is 0. The van der Waals surface area contributed by atoms with Crippen LogP contribution in [0, 0.1) is 0 Å². The number of nitrogens with one attached hydrogen (secondary N) is 2. The van der Waals surface area contributed by atoms with Gasteiger partial charge in [0.05, 0.1) is 0 Å². The van der Waals surface area contributed by atoms with Crippen molar-refractivity contribution in [2.75, 3.05) is 5.32 Å². The van der Waals surface area contributed by atoms with Crippen LogP contribution in [-0.4, -0.2) is 23.0 Å². The lowest BCUT2D eigenvalue weighted by molar-refractivity contribution is -0.114. The summed E-state index contributed by atoms with van der Waals surface area (Å²) in [5, 5.41) is 5.09. The molecule has 0 saturated carbocycles. The van der Waals surface area contributed by atoms with Crippen LogP contribution < -0.4 is 10.7 Å². The van der Waals surface area contributed by atoms with E-state index in [0.717, 1.165) is 16.9 Å². The molecule has 4 heteroatoms. The number of benzene rings is 1. The van der Waals surface area contributed by atoms with Crippen LogP contribution in [0.25, 0.3) is 5.70 Å².